The molecule has 0 heterocycles. The lowest BCUT2D eigenvalue weighted by molar-refractivity contribution is -0.115. The summed E-state index contributed by atoms with van der Waals surface area (Å²) in [6.07, 6.45) is 1.69. The topological polar surface area (TPSA) is 80.5 Å². The Balaban J connectivity index is 0. The second-order valence-corrected chi connectivity index (χ2v) is 3.56. The maximum absolute atomic E-state index is 9.43. The molecule has 0 saturated heterocycles. The van der Waals surface area contributed by atoms with Gasteiger partial charge in [0.05, 0.1) is 6.26 Å². The van der Waals surface area contributed by atoms with Crippen LogP contribution in [0.25, 0.3) is 0 Å². The van der Waals surface area contributed by atoms with E-state index in [4.69, 9.17) is 0 Å². The Bertz CT molecular complexity index is 165. The molecule has 0 aromatic heterocycles. The second kappa shape index (κ2) is 5.19. The minimum absolute atomic E-state index is 0.750. The highest BCUT2D eigenvalue weighted by Gasteiger charge is 1.78. The van der Waals surface area contributed by atoms with Crippen molar-refractivity contribution < 1.29 is 13.2 Å². The number of carbonyl (C=O) groups excluding carboxylic acids is 1. The predicted octanol–water partition coefficient (Wildman–Crippen LogP) is -1.39. The zero-order valence-corrected chi connectivity index (χ0v) is 7.05. The van der Waals surface area contributed by atoms with Gasteiger partial charge in [0.25, 0.3) is 0 Å². The van der Waals surface area contributed by atoms with E-state index in [0.717, 1.165) is 12.7 Å². The number of hydrogen-bond donors (Lipinski definition) is 1. The number of amides is 1. The highest BCUT2D eigenvalue weighted by atomic mass is 32.2. The van der Waals surface area contributed by atoms with Gasteiger partial charge in [0.2, 0.25) is 16.4 Å². The smallest absolute Gasteiger partial charge is 0.209 e. The van der Waals surface area contributed by atoms with Gasteiger partial charge in [-0.3, -0.25) is 4.79 Å². The monoisotopic (exact) mass is 168 g/mol. The molecule has 5 nitrogen and oxygen atoms in total. The third-order valence-corrected chi connectivity index (χ3v) is 0.211. The van der Waals surface area contributed by atoms with Crippen LogP contribution in [0.15, 0.2) is 0 Å². The molecule has 0 radical (unpaired) electrons. The number of primary sulfonamides is 1. The van der Waals surface area contributed by atoms with Crippen LogP contribution >= 0.6 is 0 Å². The molecule has 0 spiro atoms. The van der Waals surface area contributed by atoms with Crippen LogP contribution < -0.4 is 5.14 Å². The van der Waals surface area contributed by atoms with Crippen LogP contribution in [-0.2, 0) is 14.8 Å². The molecule has 10 heavy (non-hydrogen) atoms. The minimum Gasteiger partial charge on any atom is -0.351 e. The number of hydrogen-bond acceptors (Lipinski definition) is 3. The quantitative estimate of drug-likeness (QED) is 0.489. The number of nitrogens with two attached hydrogens (primary N) is 1. The van der Waals surface area contributed by atoms with Crippen molar-refractivity contribution >= 4 is 16.4 Å². The molecule has 0 aliphatic carbocycles. The van der Waals surface area contributed by atoms with Gasteiger partial charge in [0, 0.05) is 14.1 Å². The standard InChI is InChI=1S/C3H7NO.CH5NO2S/c1-4(2)3-5;1-5(2,3)4/h3H,1-2H3;1H3,(H2,2,3,4). The van der Waals surface area contributed by atoms with Gasteiger partial charge in [0.1, 0.15) is 0 Å². The number of sulfonamides is 1. The zero-order chi connectivity index (χ0) is 8.78. The first-order valence-corrected chi connectivity index (χ1v) is 4.32. The first-order chi connectivity index (χ1) is 4.27. The molecule has 1 amide bonds. The largest absolute Gasteiger partial charge is 0.351 e. The first-order valence-electron chi connectivity index (χ1n) is 2.37. The van der Waals surface area contributed by atoms with Crippen LogP contribution in [0.3, 0.4) is 0 Å². The Morgan fingerprint density at radius 1 is 1.40 bits per heavy atom. The normalized spacial score (nSPS) is 9.20. The van der Waals surface area contributed by atoms with E-state index in [1.807, 2.05) is 0 Å². The van der Waals surface area contributed by atoms with Crippen LogP contribution in [0.1, 0.15) is 0 Å². The molecule has 0 rings (SSSR count). The fraction of sp³-hybridized carbons (Fsp3) is 0.750. The van der Waals surface area contributed by atoms with Crippen molar-refractivity contribution in [3.63, 3.8) is 0 Å². The Kier molecular flexibility index (Phi) is 6.27. The summed E-state index contributed by atoms with van der Waals surface area (Å²) in [5.41, 5.74) is 0. The van der Waals surface area contributed by atoms with Crippen molar-refractivity contribution in [1.29, 1.82) is 0 Å². The van der Waals surface area contributed by atoms with Crippen molar-refractivity contribution in [1.82, 2.24) is 4.90 Å². The average molecular weight is 168 g/mol. The van der Waals surface area contributed by atoms with E-state index in [2.05, 4.69) is 5.14 Å². The lowest BCUT2D eigenvalue weighted by Gasteiger charge is -1.93. The van der Waals surface area contributed by atoms with Crippen LogP contribution in [-0.4, -0.2) is 40.1 Å². The number of nitrogens with zero attached hydrogens (tertiary/aromatic N) is 1. The summed E-state index contributed by atoms with van der Waals surface area (Å²) in [7, 11) is 0.208. The minimum atomic E-state index is -3.17. The van der Waals surface area contributed by atoms with E-state index in [-0.39, 0.29) is 0 Å². The van der Waals surface area contributed by atoms with Gasteiger partial charge in [-0.2, -0.15) is 0 Å². The third kappa shape index (κ3) is 158. The van der Waals surface area contributed by atoms with Gasteiger partial charge < -0.3 is 4.90 Å². The van der Waals surface area contributed by atoms with Gasteiger partial charge in [-0.1, -0.05) is 0 Å². The molecular formula is C4H12N2O3S. The van der Waals surface area contributed by atoms with Crippen LogP contribution in [0, 0.1) is 0 Å². The van der Waals surface area contributed by atoms with Crippen molar-refractivity contribution in [2.45, 2.75) is 0 Å². The molecule has 62 valence electrons. The van der Waals surface area contributed by atoms with E-state index in [9.17, 15) is 13.2 Å². The molecule has 0 aliphatic heterocycles. The predicted molar refractivity (Wildman–Crippen MR) is 38.8 cm³/mol. The van der Waals surface area contributed by atoms with Crippen molar-refractivity contribution in [3.05, 3.63) is 0 Å². The maximum atomic E-state index is 9.43. The molecule has 0 aliphatic rings. The summed E-state index contributed by atoms with van der Waals surface area (Å²) in [4.78, 5) is 10.9. The lowest BCUT2D eigenvalue weighted by atomic mass is 11.0. The summed E-state index contributed by atoms with van der Waals surface area (Å²) in [5, 5.41) is 4.33. The van der Waals surface area contributed by atoms with E-state index < -0.39 is 10.0 Å². The van der Waals surface area contributed by atoms with Gasteiger partial charge in [-0.15, -0.1) is 0 Å². The van der Waals surface area contributed by atoms with E-state index in [0.29, 0.717) is 0 Å². The molecule has 0 bridgehead atoms. The fourth-order valence-corrected chi connectivity index (χ4v) is 0. The summed E-state index contributed by atoms with van der Waals surface area (Å²) in [5.74, 6) is 0. The summed E-state index contributed by atoms with van der Waals surface area (Å²) in [6, 6.07) is 0. The summed E-state index contributed by atoms with van der Waals surface area (Å²) in [6.45, 7) is 0. The van der Waals surface area contributed by atoms with Gasteiger partial charge >= 0.3 is 0 Å². The molecule has 0 unspecified atom stereocenters. The lowest BCUT2D eigenvalue weighted by Crippen LogP contribution is -2.07. The Morgan fingerprint density at radius 3 is 1.50 bits per heavy atom. The second-order valence-electron chi connectivity index (χ2n) is 1.90. The highest BCUT2D eigenvalue weighted by molar-refractivity contribution is 7.88. The molecular weight excluding hydrogens is 156 g/mol. The zero-order valence-electron chi connectivity index (χ0n) is 6.23. The number of rotatable bonds is 1. The van der Waals surface area contributed by atoms with Crippen molar-refractivity contribution in [2.75, 3.05) is 20.4 Å². The van der Waals surface area contributed by atoms with Gasteiger partial charge in [0.15, 0.2) is 0 Å². The van der Waals surface area contributed by atoms with Crippen molar-refractivity contribution in [2.24, 2.45) is 5.14 Å². The summed E-state index contributed by atoms with van der Waals surface area (Å²) >= 11 is 0. The molecule has 0 aromatic carbocycles. The molecule has 2 N–H and O–H groups in total. The molecule has 0 atom stereocenters. The van der Waals surface area contributed by atoms with Gasteiger partial charge in [-0.05, 0) is 0 Å². The molecule has 0 fully saturated rings. The van der Waals surface area contributed by atoms with Crippen LogP contribution in [0.2, 0.25) is 0 Å². The molecule has 0 aromatic rings. The SMILES string of the molecule is CN(C)C=O.CS(N)(=O)=O. The Morgan fingerprint density at radius 2 is 1.50 bits per heavy atom. The molecule has 0 saturated carbocycles. The third-order valence-electron chi connectivity index (χ3n) is 0.211. The number of carbonyl (C=O) groups is 1. The van der Waals surface area contributed by atoms with Gasteiger partial charge in [-0.25, -0.2) is 13.6 Å². The van der Waals surface area contributed by atoms with Crippen LogP contribution in [0.4, 0.5) is 0 Å². The average Bonchev–Trinajstić information content (AvgIpc) is 1.61. The fourth-order valence-electron chi connectivity index (χ4n) is 0. The van der Waals surface area contributed by atoms with Crippen LogP contribution in [0.5, 0.6) is 0 Å². The Labute approximate surface area is 60.9 Å². The first kappa shape index (κ1) is 12.1. The Hall–Kier alpha value is -0.620. The van der Waals surface area contributed by atoms with E-state index in [1.165, 1.54) is 4.90 Å². The highest BCUT2D eigenvalue weighted by Crippen LogP contribution is 1.52. The molecule has 6 heteroatoms. The van der Waals surface area contributed by atoms with E-state index in [1.54, 1.807) is 14.1 Å². The van der Waals surface area contributed by atoms with E-state index >= 15 is 0 Å². The maximum Gasteiger partial charge on any atom is 0.209 e. The summed E-state index contributed by atoms with van der Waals surface area (Å²) < 4.78 is 18.8. The van der Waals surface area contributed by atoms with Crippen molar-refractivity contribution in [3.8, 4) is 0 Å².